The summed E-state index contributed by atoms with van der Waals surface area (Å²) in [6.07, 6.45) is 5.97. The van der Waals surface area contributed by atoms with Crippen LogP contribution < -0.4 is 15.6 Å². The fourth-order valence-corrected chi connectivity index (χ4v) is 10.9. The van der Waals surface area contributed by atoms with E-state index in [-0.39, 0.29) is 53.1 Å². The van der Waals surface area contributed by atoms with E-state index < -0.39 is 12.1 Å². The van der Waals surface area contributed by atoms with Gasteiger partial charge in [0.2, 0.25) is 5.91 Å². The first-order valence-corrected chi connectivity index (χ1v) is 22.8. The number of hydrazine groups is 1. The molecule has 2 aromatic heterocycles. The number of hydrogen-bond acceptors (Lipinski definition) is 11. The van der Waals surface area contributed by atoms with Crippen LogP contribution in [0.1, 0.15) is 88.8 Å². The van der Waals surface area contributed by atoms with Crippen LogP contribution in [0.5, 0.6) is 0 Å². The Hall–Kier alpha value is -3.98. The third-order valence-corrected chi connectivity index (χ3v) is 15.3. The minimum Gasteiger partial charge on any atom is -0.464 e. The quantitative estimate of drug-likeness (QED) is 0.294. The Morgan fingerprint density at radius 3 is 2.61 bits per heavy atom. The van der Waals surface area contributed by atoms with E-state index in [2.05, 4.69) is 84.1 Å². The van der Waals surface area contributed by atoms with Crippen molar-refractivity contribution in [2.75, 3.05) is 64.1 Å². The molecule has 59 heavy (non-hydrogen) atoms. The molecule has 14 heteroatoms. The van der Waals surface area contributed by atoms with Crippen LogP contribution in [0.25, 0.3) is 22.2 Å². The fourth-order valence-electron chi connectivity index (χ4n) is 9.83. The van der Waals surface area contributed by atoms with Gasteiger partial charge in [-0.15, -0.1) is 11.8 Å². The molecular formula is C45H60N8O5S. The SMILES string of the molecule is CCn1c(-c2cc(N3CCN(C)CC3)cnc2[C@H](C)OC)c2c3cc(ccc31)C1CSC(=N1)C[C@H](NC(=O)C1[C@@H](C)[C@H]1C)C(=O)N1CCC[C@H](N1)C(=O)OCC1(CC1)C2. The number of thioether (sulfide) groups is 1. The van der Waals surface area contributed by atoms with Crippen LogP contribution in [0.4, 0.5) is 5.69 Å². The Balaban J connectivity index is 1.15. The first-order chi connectivity index (χ1) is 28.5. The number of nitrogens with zero attached hydrogens (tertiary/aromatic N) is 6. The predicted molar refractivity (Wildman–Crippen MR) is 231 cm³/mol. The second kappa shape index (κ2) is 16.1. The Labute approximate surface area is 352 Å². The molecule has 1 spiro atoms. The summed E-state index contributed by atoms with van der Waals surface area (Å²) in [4.78, 5) is 56.8. The Bertz CT molecular complexity index is 2150. The summed E-state index contributed by atoms with van der Waals surface area (Å²) >= 11 is 1.67. The van der Waals surface area contributed by atoms with Gasteiger partial charge in [0.25, 0.3) is 5.91 Å². The van der Waals surface area contributed by atoms with Crippen molar-refractivity contribution in [3.05, 3.63) is 47.3 Å². The lowest BCUT2D eigenvalue weighted by Crippen LogP contribution is -2.60. The number of aliphatic imine (C=N–C) groups is 1. The van der Waals surface area contributed by atoms with Crippen LogP contribution in [-0.2, 0) is 36.8 Å². The molecule has 1 aromatic carbocycles. The van der Waals surface area contributed by atoms with E-state index in [9.17, 15) is 14.4 Å². The highest BCUT2D eigenvalue weighted by Crippen LogP contribution is 2.52. The summed E-state index contributed by atoms with van der Waals surface area (Å²) in [5.41, 5.74) is 10.8. The second-order valence-corrected chi connectivity index (χ2v) is 19.2. The second-order valence-electron chi connectivity index (χ2n) is 18.1. The van der Waals surface area contributed by atoms with Gasteiger partial charge in [-0.05, 0) is 94.2 Å². The van der Waals surface area contributed by atoms with Gasteiger partial charge in [-0.25, -0.2) is 5.43 Å². The van der Waals surface area contributed by atoms with E-state index >= 15 is 0 Å². The molecule has 4 aliphatic heterocycles. The largest absolute Gasteiger partial charge is 0.464 e. The highest BCUT2D eigenvalue weighted by molar-refractivity contribution is 8.14. The van der Waals surface area contributed by atoms with Crippen molar-refractivity contribution in [1.82, 2.24) is 30.2 Å². The van der Waals surface area contributed by atoms with Gasteiger partial charge in [-0.3, -0.25) is 29.4 Å². The number of ether oxygens (including phenoxy) is 2. The molecule has 2 N–H and O–H groups in total. The number of hydrogen-bond donors (Lipinski definition) is 2. The molecule has 7 atom stereocenters. The number of cyclic esters (lactones) is 1. The van der Waals surface area contributed by atoms with Crippen molar-refractivity contribution in [1.29, 1.82) is 0 Å². The van der Waals surface area contributed by atoms with Crippen molar-refractivity contribution >= 4 is 51.2 Å². The van der Waals surface area contributed by atoms with Crippen LogP contribution in [0.2, 0.25) is 0 Å². The van der Waals surface area contributed by atoms with E-state index in [0.29, 0.717) is 32.4 Å². The third kappa shape index (κ3) is 7.79. The average Bonchev–Trinajstić information content (AvgIpc) is 4.03. The highest BCUT2D eigenvalue weighted by Gasteiger charge is 2.50. The molecule has 2 saturated heterocycles. The normalized spacial score (nSPS) is 28.9. The molecule has 2 aliphatic carbocycles. The highest BCUT2D eigenvalue weighted by atomic mass is 32.2. The zero-order chi connectivity index (χ0) is 41.2. The molecule has 2 unspecified atom stereocenters. The Kier molecular flexibility index (Phi) is 11.1. The summed E-state index contributed by atoms with van der Waals surface area (Å²) in [6.45, 7) is 13.8. The maximum atomic E-state index is 14.2. The number of rotatable bonds is 7. The number of nitrogens with one attached hydrogen (secondary N) is 2. The number of likely N-dealkylation sites (N-methyl/N-ethyl adjacent to an activating group) is 1. The molecule has 6 aliphatic rings. The molecule has 0 radical (unpaired) electrons. The van der Waals surface area contributed by atoms with Gasteiger partial charge in [-0.2, -0.15) is 0 Å². The molecule has 13 nitrogen and oxygen atoms in total. The lowest BCUT2D eigenvalue weighted by molar-refractivity contribution is -0.154. The lowest BCUT2D eigenvalue weighted by Gasteiger charge is -2.35. The number of benzene rings is 1. The molecule has 6 bridgehead atoms. The predicted octanol–water partition coefficient (Wildman–Crippen LogP) is 5.52. The van der Waals surface area contributed by atoms with Crippen molar-refractivity contribution in [3.8, 4) is 11.3 Å². The fraction of sp³-hybridized carbons (Fsp3) is 0.622. The van der Waals surface area contributed by atoms with Gasteiger partial charge in [-0.1, -0.05) is 19.9 Å². The van der Waals surface area contributed by atoms with Crippen LogP contribution in [0, 0.1) is 23.2 Å². The van der Waals surface area contributed by atoms with Crippen molar-refractivity contribution < 1.29 is 23.9 Å². The molecule has 9 rings (SSSR count). The summed E-state index contributed by atoms with van der Waals surface area (Å²) in [5, 5.41) is 6.70. The average molecular weight is 825 g/mol. The minimum absolute atomic E-state index is 0.0881. The van der Waals surface area contributed by atoms with E-state index in [1.54, 1.807) is 18.9 Å². The molecule has 2 saturated carbocycles. The molecule has 3 aromatic rings. The number of aryl methyl sites for hydroxylation is 1. The van der Waals surface area contributed by atoms with E-state index in [1.165, 1.54) is 16.0 Å². The van der Waals surface area contributed by atoms with Gasteiger partial charge in [0, 0.05) is 86.4 Å². The zero-order valence-electron chi connectivity index (χ0n) is 35.5. The molecule has 4 fully saturated rings. The van der Waals surface area contributed by atoms with Crippen LogP contribution >= 0.6 is 11.8 Å². The number of carbonyl (C=O) groups excluding carboxylic acids is 3. The maximum Gasteiger partial charge on any atom is 0.324 e. The van der Waals surface area contributed by atoms with Crippen molar-refractivity contribution in [3.63, 3.8) is 0 Å². The van der Waals surface area contributed by atoms with Gasteiger partial charge in [0.05, 0.1) is 47.1 Å². The molecule has 6 heterocycles. The third-order valence-electron chi connectivity index (χ3n) is 14.3. The first-order valence-electron chi connectivity index (χ1n) is 21.8. The number of carbonyl (C=O) groups is 3. The Morgan fingerprint density at radius 2 is 1.90 bits per heavy atom. The van der Waals surface area contributed by atoms with Crippen molar-refractivity contribution in [2.24, 2.45) is 28.2 Å². The lowest BCUT2D eigenvalue weighted by atomic mass is 9.91. The maximum absolute atomic E-state index is 14.2. The number of piperazine rings is 1. The Morgan fingerprint density at radius 1 is 1.12 bits per heavy atom. The van der Waals surface area contributed by atoms with E-state index in [4.69, 9.17) is 19.5 Å². The molecule has 316 valence electrons. The standard InChI is InChI=1S/C45H60N8O5S/c1-7-52-37-11-10-29-19-31(37)33(41(52)32-20-30(23-46-40(32)28(4)57-6)51-17-15-50(5)16-18-51)22-45(12-13-45)25-58-44(56)34-9-8-14-53(49-34)43(55)35(21-38-47-36(29)24-59-38)48-42(54)39-26(2)27(39)3/h10-11,19-20,23,26-28,34-36,39,49H,7-9,12-18,21-22,24-25H2,1-6H3,(H,48,54)/t26-,27+,28-,34-,35-,36?,39?/m0/s1. The number of methoxy groups -OCH3 is 1. The van der Waals surface area contributed by atoms with Gasteiger partial charge >= 0.3 is 5.97 Å². The number of amides is 2. The number of anilines is 1. The van der Waals surface area contributed by atoms with Crippen LogP contribution in [0.15, 0.2) is 35.5 Å². The summed E-state index contributed by atoms with van der Waals surface area (Å²) < 4.78 is 14.6. The number of pyridine rings is 1. The van der Waals surface area contributed by atoms with Crippen molar-refractivity contribution in [2.45, 2.75) is 97.0 Å². The van der Waals surface area contributed by atoms with Crippen LogP contribution in [-0.4, -0.2) is 114 Å². The van der Waals surface area contributed by atoms with E-state index in [1.807, 2.05) is 6.20 Å². The van der Waals surface area contributed by atoms with E-state index in [0.717, 1.165) is 96.5 Å². The summed E-state index contributed by atoms with van der Waals surface area (Å²) in [6, 6.07) is 7.60. The van der Waals surface area contributed by atoms with Gasteiger partial charge in [0.15, 0.2) is 0 Å². The molecular weight excluding hydrogens is 765 g/mol. The smallest absolute Gasteiger partial charge is 0.324 e. The van der Waals surface area contributed by atoms with Crippen LogP contribution in [0.3, 0.4) is 0 Å². The minimum atomic E-state index is -0.794. The first kappa shape index (κ1) is 40.4. The topological polar surface area (TPSA) is 134 Å². The number of esters is 1. The summed E-state index contributed by atoms with van der Waals surface area (Å²) in [7, 11) is 3.92. The number of fused-ring (bicyclic) bond motifs is 5. The molecule has 2 amide bonds. The summed E-state index contributed by atoms with van der Waals surface area (Å²) in [5.74, 6) is 0.548. The van der Waals surface area contributed by atoms with Gasteiger partial charge in [0.1, 0.15) is 12.1 Å². The monoisotopic (exact) mass is 824 g/mol. The van der Waals surface area contributed by atoms with Gasteiger partial charge < -0.3 is 29.2 Å². The zero-order valence-corrected chi connectivity index (χ0v) is 36.3. The number of aromatic nitrogens is 2.